The topological polar surface area (TPSA) is 151 Å². The largest absolute Gasteiger partial charge is 0.343 e. The molecule has 4 heterocycles. The number of carbonyl (C=O) groups is 3. The number of hydrogen-bond acceptors (Lipinski definition) is 7. The number of nitrogens with zero attached hydrogens (tertiary/aromatic N) is 7. The third-order valence-electron chi connectivity index (χ3n) is 10.1. The molecule has 5 aromatic rings. The maximum absolute atomic E-state index is 14.4. The normalized spacial score (nSPS) is 19.3. The minimum atomic E-state index is -1.31. The van der Waals surface area contributed by atoms with Gasteiger partial charge >= 0.3 is 0 Å². The summed E-state index contributed by atoms with van der Waals surface area (Å²) in [6.45, 7) is 1.74. The van der Waals surface area contributed by atoms with E-state index in [1.807, 2.05) is 23.7 Å². The van der Waals surface area contributed by atoms with Gasteiger partial charge in [0.2, 0.25) is 11.9 Å². The van der Waals surface area contributed by atoms with Gasteiger partial charge in [0.1, 0.15) is 16.8 Å². The van der Waals surface area contributed by atoms with Crippen LogP contribution in [0, 0.1) is 11.3 Å². The highest BCUT2D eigenvalue weighted by molar-refractivity contribution is 6.35. The Morgan fingerprint density at radius 2 is 1.67 bits per heavy atom. The van der Waals surface area contributed by atoms with Gasteiger partial charge in [-0.05, 0) is 80.6 Å². The van der Waals surface area contributed by atoms with Crippen molar-refractivity contribution in [3.63, 3.8) is 0 Å². The second-order valence-electron chi connectivity index (χ2n) is 13.7. The van der Waals surface area contributed by atoms with Crippen molar-refractivity contribution in [3.05, 3.63) is 112 Å². The number of hydrogen-bond donors (Lipinski definition) is 2. The first-order chi connectivity index (χ1) is 24.4. The SMILES string of the molecule is Cn1cncc1-c1ccc(C2(NC(=O)C3(NC(=O)c4cnc5n4[C@](C)(Cc4ccc(C#N)cc4)C(=O)N5c4cc(Cl)cc(Cl)c4)CC3)CC2)nc1. The number of amides is 3. The summed E-state index contributed by atoms with van der Waals surface area (Å²) in [6.07, 6.45) is 9.27. The molecule has 3 aromatic heterocycles. The van der Waals surface area contributed by atoms with Crippen LogP contribution in [0.2, 0.25) is 10.0 Å². The predicted octanol–water partition coefficient (Wildman–Crippen LogP) is 5.56. The number of halogens is 2. The second-order valence-corrected chi connectivity index (χ2v) is 14.6. The number of nitriles is 1. The number of pyridine rings is 1. The van der Waals surface area contributed by atoms with Crippen molar-refractivity contribution in [2.45, 2.75) is 55.6 Å². The van der Waals surface area contributed by atoms with Crippen molar-refractivity contribution in [2.75, 3.05) is 4.90 Å². The van der Waals surface area contributed by atoms with Gasteiger partial charge in [-0.2, -0.15) is 5.26 Å². The van der Waals surface area contributed by atoms with Gasteiger partial charge in [-0.1, -0.05) is 35.3 Å². The molecule has 8 rings (SSSR count). The molecule has 2 N–H and O–H groups in total. The fraction of sp³-hybridized carbons (Fsp3) is 0.270. The molecule has 0 unspecified atom stereocenters. The second kappa shape index (κ2) is 11.8. The number of anilines is 2. The Balaban J connectivity index is 1.07. The third-order valence-corrected chi connectivity index (χ3v) is 10.5. The highest BCUT2D eigenvalue weighted by Gasteiger charge is 2.57. The van der Waals surface area contributed by atoms with Gasteiger partial charge in [-0.25, -0.2) is 14.9 Å². The van der Waals surface area contributed by atoms with Crippen molar-refractivity contribution in [2.24, 2.45) is 7.05 Å². The van der Waals surface area contributed by atoms with Crippen LogP contribution in [0.3, 0.4) is 0 Å². The fourth-order valence-corrected chi connectivity index (χ4v) is 7.42. The number of imidazole rings is 2. The van der Waals surface area contributed by atoms with Crippen LogP contribution < -0.4 is 15.5 Å². The average Bonchev–Trinajstić information content (AvgIpc) is 3.95. The van der Waals surface area contributed by atoms with Crippen molar-refractivity contribution in [1.82, 2.24) is 34.7 Å². The van der Waals surface area contributed by atoms with Gasteiger partial charge in [-0.3, -0.25) is 23.9 Å². The summed E-state index contributed by atoms with van der Waals surface area (Å²) < 4.78 is 3.53. The molecule has 0 saturated heterocycles. The Bertz CT molecular complexity index is 2260. The van der Waals surface area contributed by atoms with Gasteiger partial charge in [0.25, 0.3) is 11.8 Å². The molecule has 14 heteroatoms. The van der Waals surface area contributed by atoms with Crippen LogP contribution in [0.15, 0.2) is 79.5 Å². The highest BCUT2D eigenvalue weighted by Crippen LogP contribution is 2.48. The maximum atomic E-state index is 14.4. The quantitative estimate of drug-likeness (QED) is 0.202. The number of benzene rings is 2. The van der Waals surface area contributed by atoms with Crippen LogP contribution in [0.5, 0.6) is 0 Å². The standard InChI is InChI=1S/C37H31Cl2N9O3/c1-35(16-22-3-5-23(17-40)6-4-22)33(51)47(27-14-25(38)13-26(39)15-27)34-43-20-29(48(34)35)31(49)44-37(11-12-37)32(50)45-36(9-10-36)30-8-7-24(18-42-30)28-19-41-21-46(28)2/h3-8,13-15,18-21H,9-12,16H2,1-2H3,(H,44,49)(H,45,50)/t35-/m1/s1. The monoisotopic (exact) mass is 719 g/mol. The van der Waals surface area contributed by atoms with E-state index in [0.29, 0.717) is 34.1 Å². The van der Waals surface area contributed by atoms with Gasteiger partial charge in [-0.15, -0.1) is 0 Å². The molecule has 3 amide bonds. The molecule has 256 valence electrons. The minimum absolute atomic E-state index is 0.123. The Morgan fingerprint density at radius 3 is 2.25 bits per heavy atom. The number of rotatable bonds is 9. The smallest absolute Gasteiger partial charge is 0.270 e. The lowest BCUT2D eigenvalue weighted by atomic mass is 9.91. The summed E-state index contributed by atoms with van der Waals surface area (Å²) in [6, 6.07) is 17.7. The van der Waals surface area contributed by atoms with E-state index in [1.54, 1.807) is 72.7 Å². The van der Waals surface area contributed by atoms with E-state index in [4.69, 9.17) is 28.2 Å². The Labute approximate surface area is 303 Å². The van der Waals surface area contributed by atoms with Crippen molar-refractivity contribution < 1.29 is 14.4 Å². The average molecular weight is 721 g/mol. The van der Waals surface area contributed by atoms with Gasteiger partial charge < -0.3 is 15.2 Å². The molecular formula is C37H31Cl2N9O3. The van der Waals surface area contributed by atoms with Crippen LogP contribution >= 0.6 is 23.2 Å². The maximum Gasteiger partial charge on any atom is 0.270 e. The van der Waals surface area contributed by atoms with Crippen molar-refractivity contribution in [1.29, 1.82) is 5.26 Å². The molecule has 0 radical (unpaired) electrons. The lowest BCUT2D eigenvalue weighted by Gasteiger charge is -2.27. The van der Waals surface area contributed by atoms with Crippen LogP contribution in [-0.2, 0) is 34.1 Å². The third kappa shape index (κ3) is 5.53. The molecule has 2 saturated carbocycles. The molecule has 12 nitrogen and oxygen atoms in total. The number of aryl methyl sites for hydroxylation is 1. The minimum Gasteiger partial charge on any atom is -0.343 e. The fourth-order valence-electron chi connectivity index (χ4n) is 6.91. The first kappa shape index (κ1) is 32.7. The van der Waals surface area contributed by atoms with Crippen LogP contribution in [-0.4, -0.2) is 47.3 Å². The van der Waals surface area contributed by atoms with E-state index in [9.17, 15) is 19.6 Å². The molecule has 2 fully saturated rings. The lowest BCUT2D eigenvalue weighted by molar-refractivity contribution is -0.125. The van der Waals surface area contributed by atoms with E-state index in [2.05, 4.69) is 26.7 Å². The van der Waals surface area contributed by atoms with E-state index in [-0.39, 0.29) is 29.9 Å². The molecule has 0 spiro atoms. The van der Waals surface area contributed by atoms with E-state index < -0.39 is 22.5 Å². The molecular weight excluding hydrogens is 689 g/mol. The van der Waals surface area contributed by atoms with Gasteiger partial charge in [0.15, 0.2) is 0 Å². The number of nitrogens with one attached hydrogen (secondary N) is 2. The Morgan fingerprint density at radius 1 is 0.941 bits per heavy atom. The Kier molecular flexibility index (Phi) is 7.55. The van der Waals surface area contributed by atoms with Crippen molar-refractivity contribution in [3.8, 4) is 17.3 Å². The number of carbonyl (C=O) groups excluding carboxylic acids is 3. The number of fused-ring (bicyclic) bond motifs is 1. The zero-order chi connectivity index (χ0) is 35.7. The Hall–Kier alpha value is -5.51. The summed E-state index contributed by atoms with van der Waals surface area (Å²) in [7, 11) is 1.92. The van der Waals surface area contributed by atoms with Gasteiger partial charge in [0, 0.05) is 35.3 Å². The summed E-state index contributed by atoms with van der Waals surface area (Å²) in [5, 5.41) is 16.1. The number of aromatic nitrogens is 5. The van der Waals surface area contributed by atoms with Crippen molar-refractivity contribution >= 4 is 52.6 Å². The summed E-state index contributed by atoms with van der Waals surface area (Å²) >= 11 is 12.7. The molecule has 1 aliphatic heterocycles. The van der Waals surface area contributed by atoms with E-state index >= 15 is 0 Å². The van der Waals surface area contributed by atoms with Crippen LogP contribution in [0.1, 0.15) is 59.9 Å². The first-order valence-corrected chi connectivity index (χ1v) is 17.2. The van der Waals surface area contributed by atoms with Gasteiger partial charge in [0.05, 0.1) is 53.0 Å². The molecule has 0 bridgehead atoms. The molecule has 2 aliphatic carbocycles. The lowest BCUT2D eigenvalue weighted by Crippen LogP contribution is -2.52. The summed E-state index contributed by atoms with van der Waals surface area (Å²) in [4.78, 5) is 57.2. The molecule has 51 heavy (non-hydrogen) atoms. The molecule has 3 aliphatic rings. The summed E-state index contributed by atoms with van der Waals surface area (Å²) in [5.41, 5.74) is 1.36. The van der Waals surface area contributed by atoms with Crippen LogP contribution in [0.25, 0.3) is 11.3 Å². The van der Waals surface area contributed by atoms with E-state index in [1.165, 1.54) is 11.1 Å². The molecule has 2 aromatic carbocycles. The zero-order valence-electron chi connectivity index (χ0n) is 27.7. The first-order valence-electron chi connectivity index (χ1n) is 16.4. The van der Waals surface area contributed by atoms with Crippen LogP contribution in [0.4, 0.5) is 11.6 Å². The predicted molar refractivity (Wildman–Crippen MR) is 189 cm³/mol. The molecule has 1 atom stereocenters. The zero-order valence-corrected chi connectivity index (χ0v) is 29.2. The van der Waals surface area contributed by atoms with E-state index in [0.717, 1.165) is 35.4 Å². The highest BCUT2D eigenvalue weighted by atomic mass is 35.5. The summed E-state index contributed by atoms with van der Waals surface area (Å²) in [5.74, 6) is -0.946.